The lowest BCUT2D eigenvalue weighted by Gasteiger charge is -2.12. The van der Waals surface area contributed by atoms with Crippen molar-refractivity contribution in [2.24, 2.45) is 0 Å². The molecular formula is C23H26N4O3. The van der Waals surface area contributed by atoms with Crippen molar-refractivity contribution in [3.63, 3.8) is 0 Å². The number of carbonyl (C=O) groups is 1. The van der Waals surface area contributed by atoms with Crippen LogP contribution < -0.4 is 20.7 Å². The van der Waals surface area contributed by atoms with Crippen LogP contribution in [-0.2, 0) is 5.41 Å². The van der Waals surface area contributed by atoms with E-state index in [1.807, 2.05) is 69.3 Å². The molecule has 2 aromatic carbocycles. The fraction of sp³-hybridized carbons (Fsp3) is 0.217. The van der Waals surface area contributed by atoms with Crippen LogP contribution in [0.3, 0.4) is 0 Å². The zero-order chi connectivity index (χ0) is 21.6. The van der Waals surface area contributed by atoms with Crippen LogP contribution >= 0.6 is 0 Å². The molecule has 1 aromatic heterocycles. The highest BCUT2D eigenvalue weighted by molar-refractivity contribution is 5.99. The van der Waals surface area contributed by atoms with Gasteiger partial charge >= 0.3 is 6.03 Å². The van der Waals surface area contributed by atoms with Gasteiger partial charge in [-0.1, -0.05) is 38.6 Å². The number of nitrogens with one attached hydrogen (secondary N) is 3. The van der Waals surface area contributed by atoms with Crippen molar-refractivity contribution >= 4 is 28.9 Å². The summed E-state index contributed by atoms with van der Waals surface area (Å²) >= 11 is 0. The second-order valence-electron chi connectivity index (χ2n) is 7.73. The molecule has 0 aliphatic rings. The number of carbonyl (C=O) groups excluding carboxylic acids is 1. The second kappa shape index (κ2) is 9.17. The van der Waals surface area contributed by atoms with E-state index in [0.29, 0.717) is 23.9 Å². The standard InChI is InChI=1S/C23H26N4O3/c1-5-14-29-19-12-10-17(11-13-19)24-16-6-8-18(9-7-16)25-22(28)26-21-15-20(30-27-21)23(2,3)4/h5-13,15,24H,1,14H2,2-4H3,(H2,25,26,27,28). The topological polar surface area (TPSA) is 88.4 Å². The molecule has 3 rings (SSSR count). The number of rotatable bonds is 7. The molecule has 0 aliphatic heterocycles. The summed E-state index contributed by atoms with van der Waals surface area (Å²) < 4.78 is 10.7. The molecule has 3 N–H and O–H groups in total. The van der Waals surface area contributed by atoms with Gasteiger partial charge in [-0.15, -0.1) is 0 Å². The summed E-state index contributed by atoms with van der Waals surface area (Å²) in [5.74, 6) is 1.86. The molecule has 30 heavy (non-hydrogen) atoms. The first kappa shape index (κ1) is 21.0. The fourth-order valence-corrected chi connectivity index (χ4v) is 2.56. The van der Waals surface area contributed by atoms with Gasteiger partial charge in [0.2, 0.25) is 0 Å². The molecule has 3 aromatic rings. The summed E-state index contributed by atoms with van der Waals surface area (Å²) in [6, 6.07) is 16.4. The van der Waals surface area contributed by atoms with Crippen molar-refractivity contribution in [3.8, 4) is 5.75 Å². The predicted molar refractivity (Wildman–Crippen MR) is 120 cm³/mol. The van der Waals surface area contributed by atoms with Crippen molar-refractivity contribution in [2.45, 2.75) is 26.2 Å². The molecule has 0 saturated carbocycles. The normalized spacial score (nSPS) is 10.9. The quantitative estimate of drug-likeness (QED) is 0.424. The van der Waals surface area contributed by atoms with Crippen molar-refractivity contribution in [2.75, 3.05) is 22.6 Å². The third-order valence-corrected chi connectivity index (χ3v) is 4.14. The third kappa shape index (κ3) is 5.88. The van der Waals surface area contributed by atoms with E-state index in [4.69, 9.17) is 9.26 Å². The van der Waals surface area contributed by atoms with E-state index in [1.165, 1.54) is 0 Å². The maximum atomic E-state index is 12.2. The molecule has 0 spiro atoms. The van der Waals surface area contributed by atoms with Gasteiger partial charge in [0.05, 0.1) is 0 Å². The lowest BCUT2D eigenvalue weighted by Crippen LogP contribution is -2.19. The molecule has 7 heteroatoms. The first-order chi connectivity index (χ1) is 14.3. The number of urea groups is 1. The summed E-state index contributed by atoms with van der Waals surface area (Å²) in [6.45, 7) is 10.1. The molecule has 2 amide bonds. The van der Waals surface area contributed by atoms with Gasteiger partial charge in [0.1, 0.15) is 18.1 Å². The maximum Gasteiger partial charge on any atom is 0.324 e. The fourth-order valence-electron chi connectivity index (χ4n) is 2.56. The Kier molecular flexibility index (Phi) is 6.41. The smallest absolute Gasteiger partial charge is 0.324 e. The predicted octanol–water partition coefficient (Wildman–Crippen LogP) is 5.92. The molecule has 1 heterocycles. The molecule has 0 radical (unpaired) electrons. The molecule has 0 atom stereocenters. The van der Waals surface area contributed by atoms with Gasteiger partial charge in [-0.05, 0) is 48.5 Å². The SMILES string of the molecule is C=CCOc1ccc(Nc2ccc(NC(=O)Nc3cc(C(C)(C)C)on3)cc2)cc1. The summed E-state index contributed by atoms with van der Waals surface area (Å²) in [5.41, 5.74) is 2.31. The maximum absolute atomic E-state index is 12.2. The van der Waals surface area contributed by atoms with Crippen LogP contribution in [0, 0.1) is 0 Å². The van der Waals surface area contributed by atoms with Gasteiger partial charge in [-0.3, -0.25) is 5.32 Å². The van der Waals surface area contributed by atoms with E-state index in [9.17, 15) is 4.79 Å². The third-order valence-electron chi connectivity index (χ3n) is 4.14. The first-order valence-electron chi connectivity index (χ1n) is 9.59. The molecule has 0 aliphatic carbocycles. The minimum Gasteiger partial charge on any atom is -0.490 e. The summed E-state index contributed by atoms with van der Waals surface area (Å²) in [4.78, 5) is 12.2. The van der Waals surface area contributed by atoms with E-state index in [1.54, 1.807) is 12.1 Å². The Labute approximate surface area is 176 Å². The van der Waals surface area contributed by atoms with E-state index in [0.717, 1.165) is 17.1 Å². The minimum absolute atomic E-state index is 0.175. The summed E-state index contributed by atoms with van der Waals surface area (Å²) in [5, 5.41) is 12.6. The highest BCUT2D eigenvalue weighted by Gasteiger charge is 2.20. The zero-order valence-electron chi connectivity index (χ0n) is 17.4. The Hall–Kier alpha value is -3.74. The number of amides is 2. The van der Waals surface area contributed by atoms with E-state index in [-0.39, 0.29) is 11.4 Å². The lowest BCUT2D eigenvalue weighted by molar-refractivity contribution is 0.262. The number of hydrogen-bond acceptors (Lipinski definition) is 5. The Balaban J connectivity index is 1.53. The zero-order valence-corrected chi connectivity index (χ0v) is 17.4. The van der Waals surface area contributed by atoms with Crippen LogP contribution in [0.4, 0.5) is 27.7 Å². The van der Waals surface area contributed by atoms with Gasteiger partial charge in [0.25, 0.3) is 0 Å². The lowest BCUT2D eigenvalue weighted by atomic mass is 9.93. The number of anilines is 4. The molecule has 0 saturated heterocycles. The average molecular weight is 406 g/mol. The number of ether oxygens (including phenoxy) is 1. The molecule has 0 unspecified atom stereocenters. The number of benzene rings is 2. The Morgan fingerprint density at radius 3 is 2.20 bits per heavy atom. The number of nitrogens with zero attached hydrogens (tertiary/aromatic N) is 1. The monoisotopic (exact) mass is 406 g/mol. The van der Waals surface area contributed by atoms with Crippen molar-refractivity contribution in [1.29, 1.82) is 0 Å². The van der Waals surface area contributed by atoms with Gasteiger partial charge in [0.15, 0.2) is 5.82 Å². The van der Waals surface area contributed by atoms with E-state index in [2.05, 4.69) is 27.7 Å². The average Bonchev–Trinajstić information content (AvgIpc) is 3.18. The van der Waals surface area contributed by atoms with Gasteiger partial charge in [-0.25, -0.2) is 4.79 Å². The Morgan fingerprint density at radius 2 is 1.63 bits per heavy atom. The van der Waals surface area contributed by atoms with Crippen LogP contribution in [0.1, 0.15) is 26.5 Å². The first-order valence-corrected chi connectivity index (χ1v) is 9.59. The Morgan fingerprint density at radius 1 is 1.03 bits per heavy atom. The Bertz CT molecular complexity index is 987. The van der Waals surface area contributed by atoms with Crippen LogP contribution in [0.15, 0.2) is 71.8 Å². The van der Waals surface area contributed by atoms with Crippen LogP contribution in [0.2, 0.25) is 0 Å². The van der Waals surface area contributed by atoms with Crippen molar-refractivity contribution in [3.05, 3.63) is 73.0 Å². The van der Waals surface area contributed by atoms with Crippen molar-refractivity contribution in [1.82, 2.24) is 5.16 Å². The number of aromatic nitrogens is 1. The van der Waals surface area contributed by atoms with Gasteiger partial charge < -0.3 is 19.9 Å². The molecule has 7 nitrogen and oxygen atoms in total. The summed E-state index contributed by atoms with van der Waals surface area (Å²) in [6.07, 6.45) is 1.71. The highest BCUT2D eigenvalue weighted by atomic mass is 16.5. The minimum atomic E-state index is -0.389. The van der Waals surface area contributed by atoms with Crippen molar-refractivity contribution < 1.29 is 14.1 Å². The summed E-state index contributed by atoms with van der Waals surface area (Å²) in [7, 11) is 0. The van der Waals surface area contributed by atoms with Crippen LogP contribution in [-0.4, -0.2) is 17.8 Å². The van der Waals surface area contributed by atoms with Gasteiger partial charge in [0, 0.05) is 28.5 Å². The van der Waals surface area contributed by atoms with Crippen LogP contribution in [0.5, 0.6) is 5.75 Å². The molecule has 0 fully saturated rings. The van der Waals surface area contributed by atoms with E-state index < -0.39 is 0 Å². The second-order valence-corrected chi connectivity index (χ2v) is 7.73. The molecule has 156 valence electrons. The molecular weight excluding hydrogens is 380 g/mol. The van der Waals surface area contributed by atoms with Crippen LogP contribution in [0.25, 0.3) is 0 Å². The van der Waals surface area contributed by atoms with E-state index >= 15 is 0 Å². The van der Waals surface area contributed by atoms with Gasteiger partial charge in [-0.2, -0.15) is 0 Å². The highest BCUT2D eigenvalue weighted by Crippen LogP contribution is 2.25. The molecule has 0 bridgehead atoms. The largest absolute Gasteiger partial charge is 0.490 e. The number of hydrogen-bond donors (Lipinski definition) is 3.